The number of nitrogens with zero attached hydrogens (tertiary/aromatic N) is 1. The van der Waals surface area contributed by atoms with Crippen LogP contribution >= 0.6 is 0 Å². The summed E-state index contributed by atoms with van der Waals surface area (Å²) in [6.45, 7) is 10.9. The second-order valence-corrected chi connectivity index (χ2v) is 6.83. The lowest BCUT2D eigenvalue weighted by Crippen LogP contribution is -2.42. The molecule has 0 aliphatic heterocycles. The van der Waals surface area contributed by atoms with Gasteiger partial charge in [0.15, 0.2) is 0 Å². The Labute approximate surface area is 137 Å². The van der Waals surface area contributed by atoms with Crippen molar-refractivity contribution >= 4 is 6.09 Å². The summed E-state index contributed by atoms with van der Waals surface area (Å²) in [7, 11) is 0. The van der Waals surface area contributed by atoms with E-state index in [0.29, 0.717) is 26.1 Å². The van der Waals surface area contributed by atoms with Crippen molar-refractivity contribution in [1.29, 1.82) is 0 Å². The molecule has 0 spiro atoms. The Morgan fingerprint density at radius 3 is 2.30 bits per heavy atom. The van der Waals surface area contributed by atoms with Crippen LogP contribution in [-0.2, 0) is 4.74 Å². The van der Waals surface area contributed by atoms with E-state index in [4.69, 9.17) is 4.74 Å². The van der Waals surface area contributed by atoms with Crippen LogP contribution in [0.2, 0.25) is 0 Å². The molecule has 1 N–H and O–H groups in total. The molecule has 138 valence electrons. The maximum Gasteiger partial charge on any atom is 0.410 e. The van der Waals surface area contributed by atoms with E-state index in [1.807, 2.05) is 34.6 Å². The summed E-state index contributed by atoms with van der Waals surface area (Å²) in [5.41, 5.74) is -0.540. The minimum atomic E-state index is -4.09. The Hall–Kier alpha value is -0.980. The first-order chi connectivity index (χ1) is 10.4. The van der Waals surface area contributed by atoms with Crippen LogP contribution in [0.3, 0.4) is 0 Å². The average Bonchev–Trinajstić information content (AvgIpc) is 2.34. The number of carbonyl (C=O) groups excluding carboxylic acids is 1. The van der Waals surface area contributed by atoms with Crippen molar-refractivity contribution in [2.45, 2.75) is 78.1 Å². The van der Waals surface area contributed by atoms with Crippen molar-refractivity contribution in [1.82, 2.24) is 10.2 Å². The van der Waals surface area contributed by atoms with Gasteiger partial charge < -0.3 is 15.0 Å². The molecule has 1 atom stereocenters. The van der Waals surface area contributed by atoms with Gasteiger partial charge in [0.2, 0.25) is 0 Å². The van der Waals surface area contributed by atoms with Crippen molar-refractivity contribution in [3.05, 3.63) is 0 Å². The minimum absolute atomic E-state index is 0.0144. The van der Waals surface area contributed by atoms with Gasteiger partial charge in [0, 0.05) is 32.1 Å². The van der Waals surface area contributed by atoms with Gasteiger partial charge in [-0.3, -0.25) is 0 Å². The van der Waals surface area contributed by atoms with Crippen molar-refractivity contribution in [2.75, 3.05) is 19.6 Å². The van der Waals surface area contributed by atoms with E-state index in [1.54, 1.807) is 4.90 Å². The molecule has 0 aliphatic carbocycles. The van der Waals surface area contributed by atoms with Gasteiger partial charge in [-0.15, -0.1) is 0 Å². The molecule has 0 aromatic heterocycles. The molecule has 1 unspecified atom stereocenters. The molecule has 0 radical (unpaired) electrons. The maximum atomic E-state index is 12.1. The highest BCUT2D eigenvalue weighted by molar-refractivity contribution is 5.68. The molecule has 4 nitrogen and oxygen atoms in total. The predicted molar refractivity (Wildman–Crippen MR) is 85.5 cm³/mol. The van der Waals surface area contributed by atoms with Crippen LogP contribution < -0.4 is 5.32 Å². The zero-order chi connectivity index (χ0) is 18.1. The van der Waals surface area contributed by atoms with Crippen LogP contribution in [0.5, 0.6) is 0 Å². The fourth-order valence-electron chi connectivity index (χ4n) is 2.05. The Morgan fingerprint density at radius 2 is 1.83 bits per heavy atom. The smallest absolute Gasteiger partial charge is 0.410 e. The first-order valence-corrected chi connectivity index (χ1v) is 8.22. The molecule has 0 heterocycles. The molecule has 7 heteroatoms. The third-order valence-electron chi connectivity index (χ3n) is 3.12. The van der Waals surface area contributed by atoms with Gasteiger partial charge in [-0.05, 0) is 47.0 Å². The summed E-state index contributed by atoms with van der Waals surface area (Å²) in [5, 5.41) is 3.16. The number of halogens is 3. The quantitative estimate of drug-likeness (QED) is 0.679. The summed E-state index contributed by atoms with van der Waals surface area (Å²) < 4.78 is 41.6. The minimum Gasteiger partial charge on any atom is -0.444 e. The number of carbonyl (C=O) groups is 1. The second-order valence-electron chi connectivity index (χ2n) is 6.83. The molecular formula is C16H31F3N2O2. The zero-order valence-electron chi connectivity index (χ0n) is 14.9. The number of hydrogen-bond acceptors (Lipinski definition) is 3. The number of hydrogen-bond donors (Lipinski definition) is 1. The van der Waals surface area contributed by atoms with Crippen molar-refractivity contribution in [3.63, 3.8) is 0 Å². The fraction of sp³-hybridized carbons (Fsp3) is 0.938. The standard InChI is InChI=1S/C16H31F3N2O2/c1-6-11-21(14(22)23-15(3,4)5)12-10-20-13(2)8-7-9-16(17,18)19/h13,20H,6-12H2,1-5H3. The Morgan fingerprint density at radius 1 is 1.22 bits per heavy atom. The van der Waals surface area contributed by atoms with Gasteiger partial charge in [0.05, 0.1) is 0 Å². The van der Waals surface area contributed by atoms with E-state index in [1.165, 1.54) is 0 Å². The van der Waals surface area contributed by atoms with Crippen LogP contribution in [0.25, 0.3) is 0 Å². The van der Waals surface area contributed by atoms with Crippen molar-refractivity contribution in [3.8, 4) is 0 Å². The van der Waals surface area contributed by atoms with E-state index in [-0.39, 0.29) is 18.6 Å². The van der Waals surface area contributed by atoms with Crippen LogP contribution in [-0.4, -0.2) is 48.4 Å². The Balaban J connectivity index is 4.10. The van der Waals surface area contributed by atoms with Crippen LogP contribution in [0.15, 0.2) is 0 Å². The third kappa shape index (κ3) is 13.2. The number of ether oxygens (including phenoxy) is 1. The first kappa shape index (κ1) is 22.0. The molecular weight excluding hydrogens is 309 g/mol. The lowest BCUT2D eigenvalue weighted by Gasteiger charge is -2.27. The summed E-state index contributed by atoms with van der Waals surface area (Å²) in [6, 6.07) is -0.0144. The highest BCUT2D eigenvalue weighted by Gasteiger charge is 2.26. The average molecular weight is 340 g/mol. The Kier molecular flexibility index (Phi) is 9.58. The van der Waals surface area contributed by atoms with Gasteiger partial charge >= 0.3 is 12.3 Å². The van der Waals surface area contributed by atoms with Crippen LogP contribution in [0.1, 0.15) is 60.3 Å². The first-order valence-electron chi connectivity index (χ1n) is 8.22. The number of rotatable bonds is 9. The largest absolute Gasteiger partial charge is 0.444 e. The van der Waals surface area contributed by atoms with E-state index >= 15 is 0 Å². The summed E-state index contributed by atoms with van der Waals surface area (Å²) in [4.78, 5) is 13.7. The molecule has 0 aromatic rings. The molecule has 0 bridgehead atoms. The molecule has 1 amide bonds. The molecule has 23 heavy (non-hydrogen) atoms. The van der Waals surface area contributed by atoms with Crippen molar-refractivity contribution < 1.29 is 22.7 Å². The van der Waals surface area contributed by atoms with Gasteiger partial charge in [-0.25, -0.2) is 4.79 Å². The molecule has 0 rings (SSSR count). The van der Waals surface area contributed by atoms with Gasteiger partial charge in [0.1, 0.15) is 5.60 Å². The highest BCUT2D eigenvalue weighted by Crippen LogP contribution is 2.22. The predicted octanol–water partition coefficient (Wildman–Crippen LogP) is 4.34. The third-order valence-corrected chi connectivity index (χ3v) is 3.12. The van der Waals surface area contributed by atoms with Gasteiger partial charge in [-0.1, -0.05) is 6.92 Å². The highest BCUT2D eigenvalue weighted by atomic mass is 19.4. The fourth-order valence-corrected chi connectivity index (χ4v) is 2.05. The molecule has 0 saturated carbocycles. The monoisotopic (exact) mass is 340 g/mol. The summed E-state index contributed by atoms with van der Waals surface area (Å²) in [5.74, 6) is 0. The van der Waals surface area contributed by atoms with Crippen LogP contribution in [0.4, 0.5) is 18.0 Å². The lowest BCUT2D eigenvalue weighted by atomic mass is 10.1. The molecule has 0 aromatic carbocycles. The zero-order valence-corrected chi connectivity index (χ0v) is 14.9. The van der Waals surface area contributed by atoms with Gasteiger partial charge in [-0.2, -0.15) is 13.2 Å². The molecule has 0 fully saturated rings. The normalized spacial score (nSPS) is 13.7. The Bertz CT molecular complexity index is 341. The summed E-state index contributed by atoms with van der Waals surface area (Å²) in [6.07, 6.45) is -3.80. The molecule has 0 saturated heterocycles. The molecule has 0 aliphatic rings. The lowest BCUT2D eigenvalue weighted by molar-refractivity contribution is -0.135. The van der Waals surface area contributed by atoms with Gasteiger partial charge in [0.25, 0.3) is 0 Å². The number of amides is 1. The van der Waals surface area contributed by atoms with E-state index in [0.717, 1.165) is 6.42 Å². The number of alkyl halides is 3. The van der Waals surface area contributed by atoms with E-state index in [9.17, 15) is 18.0 Å². The van der Waals surface area contributed by atoms with Crippen LogP contribution in [0, 0.1) is 0 Å². The van der Waals surface area contributed by atoms with E-state index in [2.05, 4.69) is 5.32 Å². The number of nitrogens with one attached hydrogen (secondary N) is 1. The maximum absolute atomic E-state index is 12.1. The van der Waals surface area contributed by atoms with Crippen molar-refractivity contribution in [2.24, 2.45) is 0 Å². The van der Waals surface area contributed by atoms with E-state index < -0.39 is 18.2 Å². The second kappa shape index (κ2) is 10.0. The summed E-state index contributed by atoms with van der Waals surface area (Å²) >= 11 is 0. The topological polar surface area (TPSA) is 41.6 Å². The SMILES string of the molecule is CCCN(CCNC(C)CCCC(F)(F)F)C(=O)OC(C)(C)C.